The summed E-state index contributed by atoms with van der Waals surface area (Å²) in [6.07, 6.45) is 0.110. The third kappa shape index (κ3) is 4.51. The number of aromatic nitrogens is 4. The lowest BCUT2D eigenvalue weighted by Gasteiger charge is -2.17. The van der Waals surface area contributed by atoms with Gasteiger partial charge >= 0.3 is 6.18 Å². The quantitative estimate of drug-likeness (QED) is 0.729. The highest BCUT2D eigenvalue weighted by atomic mass is 19.4. The van der Waals surface area contributed by atoms with E-state index in [1.54, 1.807) is 0 Å². The molecule has 0 bridgehead atoms. The van der Waals surface area contributed by atoms with Crippen LogP contribution in [0.1, 0.15) is 45.2 Å². The molecular formula is C19H23F3N6. The lowest BCUT2D eigenvalue weighted by molar-refractivity contribution is -0.141. The Kier molecular flexibility index (Phi) is 4.84. The molecule has 2 heterocycles. The van der Waals surface area contributed by atoms with E-state index in [4.69, 9.17) is 0 Å². The van der Waals surface area contributed by atoms with Crippen molar-refractivity contribution in [2.75, 3.05) is 10.6 Å². The predicted molar refractivity (Wildman–Crippen MR) is 99.7 cm³/mol. The van der Waals surface area contributed by atoms with Crippen molar-refractivity contribution in [1.29, 1.82) is 0 Å². The molecule has 28 heavy (non-hydrogen) atoms. The smallest absolute Gasteiger partial charge is 0.351 e. The van der Waals surface area contributed by atoms with Gasteiger partial charge < -0.3 is 10.6 Å². The van der Waals surface area contributed by atoms with E-state index in [1.807, 2.05) is 0 Å². The first kappa shape index (κ1) is 18.9. The van der Waals surface area contributed by atoms with Crippen molar-refractivity contribution < 1.29 is 13.2 Å². The van der Waals surface area contributed by atoms with E-state index in [1.165, 1.54) is 12.1 Å². The van der Waals surface area contributed by atoms with E-state index in [0.717, 1.165) is 31.7 Å². The molecule has 6 nitrogen and oxygen atoms in total. The fourth-order valence-corrected chi connectivity index (χ4v) is 3.17. The van der Waals surface area contributed by atoms with Crippen molar-refractivity contribution in [2.45, 2.75) is 57.8 Å². The van der Waals surface area contributed by atoms with Gasteiger partial charge in [-0.15, -0.1) is 0 Å². The highest BCUT2D eigenvalue weighted by Crippen LogP contribution is 2.35. The number of anilines is 2. The molecule has 0 aliphatic heterocycles. The van der Waals surface area contributed by atoms with E-state index < -0.39 is 11.9 Å². The van der Waals surface area contributed by atoms with Crippen LogP contribution >= 0.6 is 0 Å². The zero-order chi connectivity index (χ0) is 19.9. The number of alkyl halides is 3. The summed E-state index contributed by atoms with van der Waals surface area (Å²) >= 11 is 0. The number of pyridine rings is 1. The normalized spacial score (nSPS) is 19.2. The first-order chi connectivity index (χ1) is 13.3. The van der Waals surface area contributed by atoms with Gasteiger partial charge in [0, 0.05) is 12.1 Å². The summed E-state index contributed by atoms with van der Waals surface area (Å²) in [6.45, 7) is 4.12. The van der Waals surface area contributed by atoms with Gasteiger partial charge in [-0.3, -0.25) is 0 Å². The summed E-state index contributed by atoms with van der Waals surface area (Å²) < 4.78 is 39.1. The van der Waals surface area contributed by atoms with Crippen LogP contribution in [0.25, 0.3) is 11.5 Å². The molecule has 2 aromatic heterocycles. The molecule has 2 aliphatic rings. The summed E-state index contributed by atoms with van der Waals surface area (Å²) in [4.78, 5) is 16.8. The van der Waals surface area contributed by atoms with E-state index in [0.29, 0.717) is 23.7 Å². The Balaban J connectivity index is 1.66. The zero-order valence-corrected chi connectivity index (χ0v) is 15.8. The molecule has 0 saturated heterocycles. The Morgan fingerprint density at radius 1 is 0.857 bits per heavy atom. The molecule has 9 heteroatoms. The minimum atomic E-state index is -4.52. The molecule has 150 valence electrons. The molecule has 2 fully saturated rings. The van der Waals surface area contributed by atoms with E-state index in [-0.39, 0.29) is 23.6 Å². The van der Waals surface area contributed by atoms with Gasteiger partial charge in [-0.2, -0.15) is 28.1 Å². The highest BCUT2D eigenvalue weighted by Gasteiger charge is 2.33. The van der Waals surface area contributed by atoms with Crippen molar-refractivity contribution in [3.05, 3.63) is 23.9 Å². The average Bonchev–Trinajstić information content (AvgIpc) is 3.53. The van der Waals surface area contributed by atoms with Crippen LogP contribution in [-0.4, -0.2) is 32.0 Å². The molecule has 4 rings (SSSR count). The first-order valence-electron chi connectivity index (χ1n) is 9.63. The summed E-state index contributed by atoms with van der Waals surface area (Å²) in [7, 11) is 0. The minimum Gasteiger partial charge on any atom is -0.351 e. The summed E-state index contributed by atoms with van der Waals surface area (Å²) in [6, 6.07) is 4.12. The van der Waals surface area contributed by atoms with Gasteiger partial charge in [0.15, 0.2) is 5.82 Å². The summed E-state index contributed by atoms with van der Waals surface area (Å²) in [5, 5.41) is 6.53. The monoisotopic (exact) mass is 392 g/mol. The topological polar surface area (TPSA) is 75.6 Å². The van der Waals surface area contributed by atoms with Crippen LogP contribution in [0.4, 0.5) is 25.1 Å². The van der Waals surface area contributed by atoms with E-state index >= 15 is 0 Å². The van der Waals surface area contributed by atoms with Crippen LogP contribution in [0.15, 0.2) is 18.2 Å². The Hall–Kier alpha value is -2.45. The molecular weight excluding hydrogens is 369 g/mol. The molecule has 0 amide bonds. The fraction of sp³-hybridized carbons (Fsp3) is 0.579. The molecule has 0 unspecified atom stereocenters. The zero-order valence-electron chi connectivity index (χ0n) is 15.8. The maximum Gasteiger partial charge on any atom is 0.433 e. The molecule has 2 saturated carbocycles. The van der Waals surface area contributed by atoms with Gasteiger partial charge in [-0.1, -0.05) is 6.07 Å². The van der Waals surface area contributed by atoms with Crippen LogP contribution in [0.5, 0.6) is 0 Å². The second kappa shape index (κ2) is 7.18. The number of hydrogen-bond donors (Lipinski definition) is 2. The lowest BCUT2D eigenvalue weighted by atomic mass is 10.2. The predicted octanol–water partition coefficient (Wildman–Crippen LogP) is 4.37. The molecule has 2 aliphatic carbocycles. The van der Waals surface area contributed by atoms with Crippen molar-refractivity contribution in [3.8, 4) is 11.5 Å². The largest absolute Gasteiger partial charge is 0.433 e. The Bertz CT molecular complexity index is 810. The molecule has 2 aromatic rings. The van der Waals surface area contributed by atoms with Gasteiger partial charge in [0.1, 0.15) is 11.4 Å². The van der Waals surface area contributed by atoms with Crippen LogP contribution in [-0.2, 0) is 6.18 Å². The van der Waals surface area contributed by atoms with Crippen molar-refractivity contribution in [1.82, 2.24) is 19.9 Å². The molecule has 2 atom stereocenters. The SMILES string of the molecule is C[C@H](Nc1nc(N[C@H](C)C2CC2)nc(-c2cccc(C(F)(F)F)n2)n1)C1CC1. The standard InChI is InChI=1S/C19H23F3N6/c1-10(12-6-7-12)23-17-26-16(14-4-3-5-15(25-14)19(20,21)22)27-18(28-17)24-11(2)13-8-9-13/h3-5,10-13H,6-9H2,1-2H3,(H2,23,24,26,27,28)/t10-,11+. The minimum absolute atomic E-state index is 0.0708. The first-order valence-corrected chi connectivity index (χ1v) is 9.63. The summed E-state index contributed by atoms with van der Waals surface area (Å²) in [5.74, 6) is 1.99. The van der Waals surface area contributed by atoms with E-state index in [9.17, 15) is 13.2 Å². The average molecular weight is 392 g/mol. The van der Waals surface area contributed by atoms with Gasteiger partial charge in [-0.25, -0.2) is 4.98 Å². The molecule has 0 aromatic carbocycles. The third-order valence-corrected chi connectivity index (χ3v) is 5.28. The van der Waals surface area contributed by atoms with Gasteiger partial charge in [0.2, 0.25) is 11.9 Å². The van der Waals surface area contributed by atoms with Gasteiger partial charge in [-0.05, 0) is 63.5 Å². The van der Waals surface area contributed by atoms with Crippen molar-refractivity contribution in [2.24, 2.45) is 11.8 Å². The number of hydrogen-bond acceptors (Lipinski definition) is 6. The van der Waals surface area contributed by atoms with Gasteiger partial charge in [0.05, 0.1) is 0 Å². The number of nitrogens with one attached hydrogen (secondary N) is 2. The Morgan fingerprint density at radius 3 is 1.86 bits per heavy atom. The number of nitrogens with zero attached hydrogens (tertiary/aromatic N) is 4. The van der Waals surface area contributed by atoms with Crippen molar-refractivity contribution >= 4 is 11.9 Å². The Morgan fingerprint density at radius 2 is 1.39 bits per heavy atom. The second-order valence-electron chi connectivity index (χ2n) is 7.75. The highest BCUT2D eigenvalue weighted by molar-refractivity contribution is 5.54. The maximum atomic E-state index is 13.0. The Labute approximate surface area is 161 Å². The van der Waals surface area contributed by atoms with E-state index in [2.05, 4.69) is 44.4 Å². The number of rotatable bonds is 7. The lowest BCUT2D eigenvalue weighted by Crippen LogP contribution is -2.23. The molecule has 2 N–H and O–H groups in total. The molecule has 0 spiro atoms. The third-order valence-electron chi connectivity index (χ3n) is 5.28. The van der Waals surface area contributed by atoms with Crippen molar-refractivity contribution in [3.63, 3.8) is 0 Å². The van der Waals surface area contributed by atoms with Crippen LogP contribution in [0, 0.1) is 11.8 Å². The fourth-order valence-electron chi connectivity index (χ4n) is 3.17. The van der Waals surface area contributed by atoms with Crippen LogP contribution < -0.4 is 10.6 Å². The van der Waals surface area contributed by atoms with Gasteiger partial charge in [0.25, 0.3) is 0 Å². The molecule has 0 radical (unpaired) electrons. The second-order valence-corrected chi connectivity index (χ2v) is 7.75. The van der Waals surface area contributed by atoms with Crippen LogP contribution in [0.3, 0.4) is 0 Å². The summed E-state index contributed by atoms with van der Waals surface area (Å²) in [5.41, 5.74) is -0.895. The number of halogens is 3. The van der Waals surface area contributed by atoms with Crippen LogP contribution in [0.2, 0.25) is 0 Å². The maximum absolute atomic E-state index is 13.0.